The van der Waals surface area contributed by atoms with Crippen LogP contribution < -0.4 is 9.50 Å². The van der Waals surface area contributed by atoms with E-state index in [4.69, 9.17) is 4.18 Å². The molecule has 1 aliphatic heterocycles. The Balaban J connectivity index is 1.85. The molecule has 0 fully saturated rings. The Bertz CT molecular complexity index is 1170. The van der Waals surface area contributed by atoms with E-state index in [1.165, 1.54) is 6.07 Å². The average molecular weight is 367 g/mol. The summed E-state index contributed by atoms with van der Waals surface area (Å²) in [6.07, 6.45) is 0. The van der Waals surface area contributed by atoms with Gasteiger partial charge in [0.25, 0.3) is 5.91 Å². The van der Waals surface area contributed by atoms with Gasteiger partial charge in [0.05, 0.1) is 5.56 Å². The van der Waals surface area contributed by atoms with Gasteiger partial charge in [0.15, 0.2) is 11.5 Å². The molecule has 3 aromatic carbocycles. The van der Waals surface area contributed by atoms with Crippen LogP contribution in [0.3, 0.4) is 0 Å². The Hall–Kier alpha value is -3.32. The molecule has 0 unspecified atom stereocenters. The Labute approximate surface area is 149 Å². The van der Waals surface area contributed by atoms with Gasteiger partial charge < -0.3 is 14.6 Å². The summed E-state index contributed by atoms with van der Waals surface area (Å²) in [6, 6.07) is 18.7. The minimum Gasteiger partial charge on any atom is -0.505 e. The molecule has 0 aromatic heterocycles. The Morgan fingerprint density at radius 2 is 1.54 bits per heavy atom. The first kappa shape index (κ1) is 16.2. The highest BCUT2D eigenvalue weighted by Gasteiger charge is 2.38. The van der Waals surface area contributed by atoms with Crippen molar-refractivity contribution in [1.82, 2.24) is 0 Å². The van der Waals surface area contributed by atoms with Crippen molar-refractivity contribution in [2.75, 3.05) is 5.32 Å². The minimum atomic E-state index is -4.46. The van der Waals surface area contributed by atoms with Crippen molar-refractivity contribution < 1.29 is 22.5 Å². The van der Waals surface area contributed by atoms with Crippen LogP contribution in [0.15, 0.2) is 71.6 Å². The molecule has 0 bridgehead atoms. The molecular formula is C19H13NO5S. The second kappa shape index (κ2) is 5.89. The molecule has 1 heterocycles. The van der Waals surface area contributed by atoms with Crippen molar-refractivity contribution in [2.24, 2.45) is 0 Å². The summed E-state index contributed by atoms with van der Waals surface area (Å²) in [5.74, 6) is -1.62. The molecule has 3 aromatic rings. The molecule has 0 spiro atoms. The highest BCUT2D eigenvalue weighted by atomic mass is 32.2. The predicted octanol–water partition coefficient (Wildman–Crippen LogP) is 3.43. The Morgan fingerprint density at radius 1 is 0.923 bits per heavy atom. The Kier molecular flexibility index (Phi) is 3.66. The average Bonchev–Trinajstić information content (AvgIpc) is 2.60. The van der Waals surface area contributed by atoms with Gasteiger partial charge in [-0.3, -0.25) is 4.79 Å². The fourth-order valence-electron chi connectivity index (χ4n) is 2.80. The number of anilines is 1. The van der Waals surface area contributed by atoms with Crippen LogP contribution in [0.25, 0.3) is 16.5 Å². The van der Waals surface area contributed by atoms with E-state index in [0.29, 0.717) is 5.69 Å². The summed E-state index contributed by atoms with van der Waals surface area (Å²) in [5.41, 5.74) is 0.550. The van der Waals surface area contributed by atoms with E-state index in [1.54, 1.807) is 48.5 Å². The van der Waals surface area contributed by atoms with E-state index in [0.717, 1.165) is 10.8 Å². The molecule has 0 saturated carbocycles. The topological polar surface area (TPSA) is 92.7 Å². The normalized spacial score (nSPS) is 15.2. The third-order valence-electron chi connectivity index (χ3n) is 4.01. The van der Waals surface area contributed by atoms with Gasteiger partial charge in [-0.05, 0) is 35.0 Å². The maximum atomic E-state index is 12.5. The van der Waals surface area contributed by atoms with Crippen molar-refractivity contribution in [1.29, 1.82) is 0 Å². The molecule has 0 saturated heterocycles. The number of carbonyl (C=O) groups is 1. The fourth-order valence-corrected chi connectivity index (χ4v) is 3.89. The molecule has 0 aliphatic carbocycles. The van der Waals surface area contributed by atoms with Gasteiger partial charge in [-0.1, -0.05) is 42.5 Å². The fraction of sp³-hybridized carbons (Fsp3) is 0. The molecule has 0 radical (unpaired) electrons. The monoisotopic (exact) mass is 367 g/mol. The second-order valence-corrected chi connectivity index (χ2v) is 7.21. The smallest absolute Gasteiger partial charge is 0.348 e. The lowest BCUT2D eigenvalue weighted by atomic mass is 10.0. The molecule has 7 heteroatoms. The predicted molar refractivity (Wildman–Crippen MR) is 98.1 cm³/mol. The van der Waals surface area contributed by atoms with Crippen molar-refractivity contribution in [3.63, 3.8) is 0 Å². The van der Waals surface area contributed by atoms with Gasteiger partial charge in [0.1, 0.15) is 0 Å². The summed E-state index contributed by atoms with van der Waals surface area (Å²) in [7, 11) is -4.46. The number of aliphatic hydroxyl groups excluding tert-OH is 1. The molecule has 2 N–H and O–H groups in total. The zero-order chi connectivity index (χ0) is 18.3. The van der Waals surface area contributed by atoms with Crippen molar-refractivity contribution in [2.45, 2.75) is 0 Å². The standard InChI is InChI=1S/C19H13NO5S/c21-17-15-10-12-6-4-5-7-13(12)11-16(15)25-26(23,24)18(17)19(22)20-14-8-2-1-3-9-14/h1-11,21H,(H,20,22). The van der Waals surface area contributed by atoms with Crippen LogP contribution in [0.5, 0.6) is 5.75 Å². The van der Waals surface area contributed by atoms with E-state index >= 15 is 0 Å². The minimum absolute atomic E-state index is 0.0162. The van der Waals surface area contributed by atoms with Crippen molar-refractivity contribution in [3.05, 3.63) is 77.2 Å². The number of rotatable bonds is 2. The molecular weight excluding hydrogens is 354 g/mol. The molecule has 1 amide bonds. The number of nitrogens with one attached hydrogen (secondary N) is 1. The van der Waals surface area contributed by atoms with Crippen LogP contribution in [-0.2, 0) is 14.9 Å². The van der Waals surface area contributed by atoms with Crippen LogP contribution in [0, 0.1) is 0 Å². The van der Waals surface area contributed by atoms with Gasteiger partial charge >= 0.3 is 10.1 Å². The van der Waals surface area contributed by atoms with Gasteiger partial charge in [0.2, 0.25) is 4.91 Å². The third-order valence-corrected chi connectivity index (χ3v) is 5.28. The first-order chi connectivity index (χ1) is 12.5. The molecule has 4 rings (SSSR count). The van der Waals surface area contributed by atoms with Crippen LogP contribution in [0.2, 0.25) is 0 Å². The van der Waals surface area contributed by atoms with Crippen LogP contribution in [0.4, 0.5) is 5.69 Å². The summed E-state index contributed by atoms with van der Waals surface area (Å²) >= 11 is 0. The zero-order valence-electron chi connectivity index (χ0n) is 13.3. The van der Waals surface area contributed by atoms with E-state index in [2.05, 4.69) is 5.32 Å². The van der Waals surface area contributed by atoms with Crippen molar-refractivity contribution >= 4 is 38.2 Å². The third kappa shape index (κ3) is 2.68. The molecule has 26 heavy (non-hydrogen) atoms. The lowest BCUT2D eigenvalue weighted by Crippen LogP contribution is -2.28. The summed E-state index contributed by atoms with van der Waals surface area (Å²) < 4.78 is 29.9. The Morgan fingerprint density at radius 3 is 2.23 bits per heavy atom. The zero-order valence-corrected chi connectivity index (χ0v) is 14.2. The number of hydrogen-bond donors (Lipinski definition) is 2. The molecule has 1 aliphatic rings. The summed E-state index contributed by atoms with van der Waals surface area (Å²) in [6.45, 7) is 0. The molecule has 0 atom stereocenters. The number of aliphatic hydroxyl groups is 1. The lowest BCUT2D eigenvalue weighted by molar-refractivity contribution is -0.112. The quantitative estimate of drug-likeness (QED) is 0.677. The number of amides is 1. The number of benzene rings is 3. The molecule has 6 nitrogen and oxygen atoms in total. The number of hydrogen-bond acceptors (Lipinski definition) is 5. The van der Waals surface area contributed by atoms with Crippen LogP contribution in [0.1, 0.15) is 5.56 Å². The SMILES string of the molecule is O=C(Nc1ccccc1)C1=C(O)c2cc3ccccc3cc2OS1(=O)=O. The maximum absolute atomic E-state index is 12.5. The van der Waals surface area contributed by atoms with Crippen LogP contribution >= 0.6 is 0 Å². The van der Waals surface area contributed by atoms with E-state index in [-0.39, 0.29) is 11.3 Å². The van der Waals surface area contributed by atoms with E-state index in [1.807, 2.05) is 12.1 Å². The number of para-hydroxylation sites is 1. The first-order valence-corrected chi connectivity index (χ1v) is 9.14. The number of carbonyl (C=O) groups excluding carboxylic acids is 1. The van der Waals surface area contributed by atoms with E-state index < -0.39 is 26.7 Å². The van der Waals surface area contributed by atoms with Crippen LogP contribution in [-0.4, -0.2) is 19.4 Å². The summed E-state index contributed by atoms with van der Waals surface area (Å²) in [5, 5.41) is 14.5. The van der Waals surface area contributed by atoms with Gasteiger partial charge in [-0.25, -0.2) is 0 Å². The van der Waals surface area contributed by atoms with E-state index in [9.17, 15) is 18.3 Å². The van der Waals surface area contributed by atoms with Crippen molar-refractivity contribution in [3.8, 4) is 5.75 Å². The van der Waals surface area contributed by atoms with Gasteiger partial charge in [-0.2, -0.15) is 8.42 Å². The summed E-state index contributed by atoms with van der Waals surface area (Å²) in [4.78, 5) is 11.7. The molecule has 130 valence electrons. The largest absolute Gasteiger partial charge is 0.505 e. The first-order valence-electron chi connectivity index (χ1n) is 7.73. The van der Waals surface area contributed by atoms with Gasteiger partial charge in [0, 0.05) is 5.69 Å². The highest BCUT2D eigenvalue weighted by molar-refractivity contribution is 7.92. The maximum Gasteiger partial charge on any atom is 0.348 e. The second-order valence-electron chi connectivity index (χ2n) is 5.73. The van der Waals surface area contributed by atoms with Gasteiger partial charge in [-0.15, -0.1) is 0 Å². The lowest BCUT2D eigenvalue weighted by Gasteiger charge is -2.20. The number of fused-ring (bicyclic) bond motifs is 2. The highest BCUT2D eigenvalue weighted by Crippen LogP contribution is 2.38.